The molecule has 0 saturated heterocycles. The molecule has 0 atom stereocenters. The van der Waals surface area contributed by atoms with Gasteiger partial charge in [0.15, 0.2) is 6.61 Å². The number of thiazole rings is 1. The van der Waals surface area contributed by atoms with E-state index >= 15 is 0 Å². The lowest BCUT2D eigenvalue weighted by Gasteiger charge is -2.01. The largest absolute Gasteiger partial charge is 0.466 e. The second kappa shape index (κ2) is 6.23. The number of methoxy groups -OCH3 is 1. The van der Waals surface area contributed by atoms with Crippen molar-refractivity contribution in [3.63, 3.8) is 0 Å². The first-order valence-corrected chi connectivity index (χ1v) is 6.84. The van der Waals surface area contributed by atoms with Gasteiger partial charge in [-0.25, -0.2) is 9.78 Å². The predicted molar refractivity (Wildman–Crippen MR) is 75.1 cm³/mol. The highest BCUT2D eigenvalue weighted by Crippen LogP contribution is 2.32. The number of ether oxygens (including phenoxy) is 2. The van der Waals surface area contributed by atoms with Crippen molar-refractivity contribution in [1.29, 1.82) is 0 Å². The second-order valence-corrected chi connectivity index (χ2v) is 5.15. The molecule has 2 aromatic rings. The van der Waals surface area contributed by atoms with Crippen molar-refractivity contribution in [3.05, 3.63) is 33.6 Å². The third-order valence-corrected chi connectivity index (χ3v) is 3.53. The van der Waals surface area contributed by atoms with Gasteiger partial charge in [-0.15, -0.1) is 0 Å². The summed E-state index contributed by atoms with van der Waals surface area (Å²) in [5.41, 5.74) is 1.43. The Bertz CT molecular complexity index is 600. The Morgan fingerprint density at radius 2 is 2.21 bits per heavy atom. The molecule has 0 bridgehead atoms. The van der Waals surface area contributed by atoms with Gasteiger partial charge in [-0.05, 0) is 18.2 Å². The van der Waals surface area contributed by atoms with Crippen LogP contribution in [0.3, 0.4) is 0 Å². The van der Waals surface area contributed by atoms with Gasteiger partial charge in [-0.1, -0.05) is 34.5 Å². The zero-order chi connectivity index (χ0) is 13.8. The molecule has 1 aromatic heterocycles. The van der Waals surface area contributed by atoms with Crippen molar-refractivity contribution in [2.45, 2.75) is 0 Å². The maximum absolute atomic E-state index is 10.9. The quantitative estimate of drug-likeness (QED) is 0.807. The minimum atomic E-state index is -0.457. The fourth-order valence-electron chi connectivity index (χ4n) is 1.32. The number of rotatable bonds is 4. The first kappa shape index (κ1) is 14.1. The second-order valence-electron chi connectivity index (χ2n) is 3.49. The van der Waals surface area contributed by atoms with Gasteiger partial charge in [-0.2, -0.15) is 0 Å². The molecule has 0 aliphatic carbocycles. The summed E-state index contributed by atoms with van der Waals surface area (Å²) in [5.74, 6) is -0.457. The van der Waals surface area contributed by atoms with E-state index in [1.165, 1.54) is 18.4 Å². The lowest BCUT2D eigenvalue weighted by molar-refractivity contribution is -0.142. The van der Waals surface area contributed by atoms with Crippen LogP contribution in [0, 0.1) is 0 Å². The van der Waals surface area contributed by atoms with Crippen molar-refractivity contribution in [3.8, 4) is 16.5 Å². The van der Waals surface area contributed by atoms with E-state index in [2.05, 4.69) is 9.72 Å². The third kappa shape index (κ3) is 3.59. The van der Waals surface area contributed by atoms with Crippen LogP contribution in [0.2, 0.25) is 10.0 Å². The van der Waals surface area contributed by atoms with E-state index in [9.17, 15) is 4.79 Å². The molecule has 0 aliphatic heterocycles. The van der Waals surface area contributed by atoms with E-state index in [1.54, 1.807) is 23.6 Å². The van der Waals surface area contributed by atoms with E-state index in [4.69, 9.17) is 27.9 Å². The molecular formula is C12H9Cl2NO3S. The molecular weight excluding hydrogens is 309 g/mol. The average Bonchev–Trinajstić information content (AvgIpc) is 2.84. The molecule has 0 saturated carbocycles. The average molecular weight is 318 g/mol. The highest BCUT2D eigenvalue weighted by atomic mass is 35.5. The number of hydrogen-bond acceptors (Lipinski definition) is 5. The van der Waals surface area contributed by atoms with Crippen LogP contribution < -0.4 is 4.74 Å². The van der Waals surface area contributed by atoms with Crippen LogP contribution >= 0.6 is 34.5 Å². The number of esters is 1. The molecule has 1 heterocycles. The maximum Gasteiger partial charge on any atom is 0.343 e. The van der Waals surface area contributed by atoms with Gasteiger partial charge in [0.05, 0.1) is 17.8 Å². The number of nitrogens with zero attached hydrogens (tertiary/aromatic N) is 1. The Hall–Kier alpha value is -1.30. The van der Waals surface area contributed by atoms with Gasteiger partial charge >= 0.3 is 5.97 Å². The fraction of sp³-hybridized carbons (Fsp3) is 0.167. The van der Waals surface area contributed by atoms with E-state index in [1.807, 2.05) is 0 Å². The van der Waals surface area contributed by atoms with Crippen LogP contribution in [0.25, 0.3) is 11.3 Å². The number of carbonyl (C=O) groups excluding carboxylic acids is 1. The summed E-state index contributed by atoms with van der Waals surface area (Å²) < 4.78 is 9.66. The van der Waals surface area contributed by atoms with Crippen LogP contribution in [0.5, 0.6) is 5.19 Å². The molecule has 0 radical (unpaired) electrons. The Balaban J connectivity index is 2.14. The van der Waals surface area contributed by atoms with Crippen molar-refractivity contribution in [2.75, 3.05) is 13.7 Å². The third-order valence-electron chi connectivity index (χ3n) is 2.23. The fourth-order valence-corrected chi connectivity index (χ4v) is 2.50. The first-order chi connectivity index (χ1) is 9.10. The van der Waals surface area contributed by atoms with Crippen LogP contribution in [0.15, 0.2) is 23.6 Å². The van der Waals surface area contributed by atoms with Gasteiger partial charge in [0.1, 0.15) is 0 Å². The van der Waals surface area contributed by atoms with E-state index < -0.39 is 5.97 Å². The minimum Gasteiger partial charge on any atom is -0.466 e. The summed E-state index contributed by atoms with van der Waals surface area (Å²) in [6.07, 6.45) is 0. The molecule has 2 rings (SSSR count). The molecule has 7 heteroatoms. The lowest BCUT2D eigenvalue weighted by atomic mass is 10.2. The Labute approximate surface area is 123 Å². The summed E-state index contributed by atoms with van der Waals surface area (Å²) >= 11 is 13.2. The monoisotopic (exact) mass is 317 g/mol. The molecule has 0 fully saturated rings. The molecule has 0 N–H and O–H groups in total. The summed E-state index contributed by atoms with van der Waals surface area (Å²) in [5, 5.41) is 3.25. The highest BCUT2D eigenvalue weighted by Gasteiger charge is 2.10. The molecule has 100 valence electrons. The topological polar surface area (TPSA) is 48.4 Å². The Morgan fingerprint density at radius 1 is 1.42 bits per heavy atom. The van der Waals surface area contributed by atoms with Gasteiger partial charge in [0, 0.05) is 16.0 Å². The predicted octanol–water partition coefficient (Wildman–Crippen LogP) is 3.67. The molecule has 0 unspecified atom stereocenters. The summed E-state index contributed by atoms with van der Waals surface area (Å²) in [6.45, 7) is -0.169. The normalized spacial score (nSPS) is 10.3. The zero-order valence-corrected chi connectivity index (χ0v) is 12.2. The summed E-state index contributed by atoms with van der Waals surface area (Å²) in [6, 6.07) is 5.16. The maximum atomic E-state index is 10.9. The Kier molecular flexibility index (Phi) is 4.63. The molecule has 0 spiro atoms. The SMILES string of the molecule is COC(=O)COc1nc(-c2ccc(Cl)cc2Cl)cs1. The standard InChI is InChI=1S/C12H9Cl2NO3S/c1-17-11(16)5-18-12-15-10(6-19-12)8-3-2-7(13)4-9(8)14/h2-4,6H,5H2,1H3. The minimum absolute atomic E-state index is 0.169. The molecule has 0 aliphatic rings. The molecule has 4 nitrogen and oxygen atoms in total. The summed E-state index contributed by atoms with van der Waals surface area (Å²) in [7, 11) is 1.30. The molecule has 1 aromatic carbocycles. The van der Waals surface area contributed by atoms with Gasteiger partial charge < -0.3 is 9.47 Å². The number of aromatic nitrogens is 1. The van der Waals surface area contributed by atoms with Crippen molar-refractivity contribution >= 4 is 40.5 Å². The smallest absolute Gasteiger partial charge is 0.343 e. The number of hydrogen-bond donors (Lipinski definition) is 0. The number of carbonyl (C=O) groups is 1. The van der Waals surface area contributed by atoms with Gasteiger partial charge in [-0.3, -0.25) is 0 Å². The number of benzene rings is 1. The van der Waals surface area contributed by atoms with Crippen LogP contribution in [0.1, 0.15) is 0 Å². The number of halogens is 2. The van der Waals surface area contributed by atoms with Crippen LogP contribution in [-0.4, -0.2) is 24.7 Å². The van der Waals surface area contributed by atoms with E-state index in [0.29, 0.717) is 20.9 Å². The van der Waals surface area contributed by atoms with E-state index in [0.717, 1.165) is 5.56 Å². The van der Waals surface area contributed by atoms with Gasteiger partial charge in [0.25, 0.3) is 5.19 Å². The summed E-state index contributed by atoms with van der Waals surface area (Å²) in [4.78, 5) is 15.2. The van der Waals surface area contributed by atoms with Crippen molar-refractivity contribution in [1.82, 2.24) is 4.98 Å². The van der Waals surface area contributed by atoms with Crippen LogP contribution in [-0.2, 0) is 9.53 Å². The highest BCUT2D eigenvalue weighted by molar-refractivity contribution is 7.11. The zero-order valence-electron chi connectivity index (χ0n) is 9.85. The lowest BCUT2D eigenvalue weighted by Crippen LogP contribution is -2.12. The first-order valence-electron chi connectivity index (χ1n) is 5.20. The van der Waals surface area contributed by atoms with Gasteiger partial charge in [0.2, 0.25) is 0 Å². The van der Waals surface area contributed by atoms with Crippen molar-refractivity contribution in [2.24, 2.45) is 0 Å². The Morgan fingerprint density at radius 3 is 2.89 bits per heavy atom. The van der Waals surface area contributed by atoms with Crippen molar-refractivity contribution < 1.29 is 14.3 Å². The molecule has 19 heavy (non-hydrogen) atoms. The van der Waals surface area contributed by atoms with Crippen LogP contribution in [0.4, 0.5) is 0 Å². The molecule has 0 amide bonds. The van der Waals surface area contributed by atoms with E-state index in [-0.39, 0.29) is 6.61 Å².